The Balaban J connectivity index is 2.55. The molecule has 1 aliphatic heterocycles. The molecule has 5 nitrogen and oxygen atoms in total. The average Bonchev–Trinajstić information content (AvgIpc) is 2.37. The van der Waals surface area contributed by atoms with Gasteiger partial charge in [-0.25, -0.2) is 8.42 Å². The summed E-state index contributed by atoms with van der Waals surface area (Å²) in [5.41, 5.74) is 1.40. The summed E-state index contributed by atoms with van der Waals surface area (Å²) >= 11 is 0. The highest BCUT2D eigenvalue weighted by Crippen LogP contribution is 2.30. The fourth-order valence-corrected chi connectivity index (χ4v) is 3.65. The van der Waals surface area contributed by atoms with Crippen molar-refractivity contribution in [3.8, 4) is 0 Å². The summed E-state index contributed by atoms with van der Waals surface area (Å²) in [6, 6.07) is 0. The van der Waals surface area contributed by atoms with Gasteiger partial charge in [0.2, 0.25) is 10.0 Å². The smallest absolute Gasteiger partial charge is 0.305 e. The predicted molar refractivity (Wildman–Crippen MR) is 78.8 cm³/mol. The van der Waals surface area contributed by atoms with Gasteiger partial charge in [-0.2, -0.15) is 4.31 Å². The fourth-order valence-electron chi connectivity index (χ4n) is 2.21. The van der Waals surface area contributed by atoms with Crippen LogP contribution < -0.4 is 0 Å². The zero-order valence-electron chi connectivity index (χ0n) is 12.8. The molecule has 0 saturated carbocycles. The van der Waals surface area contributed by atoms with Crippen LogP contribution in [0.5, 0.6) is 0 Å². The Kier molecular flexibility index (Phi) is 5.77. The van der Waals surface area contributed by atoms with Crippen LogP contribution in [0.15, 0.2) is 11.6 Å². The molecule has 0 bridgehead atoms. The van der Waals surface area contributed by atoms with Gasteiger partial charge in [-0.05, 0) is 18.3 Å². The quantitative estimate of drug-likeness (QED) is 0.575. The third kappa shape index (κ3) is 4.90. The SMILES string of the molecule is COC(=O)CCCS(=O)(=O)N1CC=C(C(C)(C)C)CC1. The van der Waals surface area contributed by atoms with Gasteiger partial charge in [-0.1, -0.05) is 32.4 Å². The minimum Gasteiger partial charge on any atom is -0.469 e. The van der Waals surface area contributed by atoms with Crippen LogP contribution in [0.1, 0.15) is 40.0 Å². The van der Waals surface area contributed by atoms with Crippen LogP contribution in [0.4, 0.5) is 0 Å². The van der Waals surface area contributed by atoms with E-state index >= 15 is 0 Å². The minimum atomic E-state index is -3.28. The van der Waals surface area contributed by atoms with Gasteiger partial charge in [0.15, 0.2) is 0 Å². The molecule has 1 rings (SSSR count). The van der Waals surface area contributed by atoms with E-state index in [0.29, 0.717) is 19.5 Å². The molecule has 0 unspecified atom stereocenters. The molecular weight excluding hydrogens is 278 g/mol. The highest BCUT2D eigenvalue weighted by atomic mass is 32.2. The van der Waals surface area contributed by atoms with Crippen LogP contribution in [0.2, 0.25) is 0 Å². The summed E-state index contributed by atoms with van der Waals surface area (Å²) in [6.07, 6.45) is 3.25. The van der Waals surface area contributed by atoms with E-state index in [1.165, 1.54) is 17.0 Å². The third-order valence-corrected chi connectivity index (χ3v) is 5.46. The summed E-state index contributed by atoms with van der Waals surface area (Å²) < 4.78 is 30.3. The molecule has 20 heavy (non-hydrogen) atoms. The molecule has 0 aromatic heterocycles. The molecule has 0 radical (unpaired) electrons. The van der Waals surface area contributed by atoms with Crippen molar-refractivity contribution in [1.29, 1.82) is 0 Å². The Morgan fingerprint density at radius 2 is 2.05 bits per heavy atom. The number of esters is 1. The Morgan fingerprint density at radius 3 is 2.50 bits per heavy atom. The first-order valence-corrected chi connectivity index (χ1v) is 8.52. The van der Waals surface area contributed by atoms with Crippen molar-refractivity contribution in [1.82, 2.24) is 4.31 Å². The van der Waals surface area contributed by atoms with Crippen LogP contribution in [-0.2, 0) is 19.6 Å². The second-order valence-corrected chi connectivity index (χ2v) is 8.17. The molecule has 0 N–H and O–H groups in total. The molecule has 0 fully saturated rings. The van der Waals surface area contributed by atoms with Crippen LogP contribution in [0.3, 0.4) is 0 Å². The molecule has 0 saturated heterocycles. The molecule has 1 aliphatic rings. The van der Waals surface area contributed by atoms with E-state index in [2.05, 4.69) is 25.5 Å². The van der Waals surface area contributed by atoms with Crippen molar-refractivity contribution >= 4 is 16.0 Å². The van der Waals surface area contributed by atoms with Gasteiger partial charge in [0.1, 0.15) is 0 Å². The number of hydrogen-bond acceptors (Lipinski definition) is 4. The number of ether oxygens (including phenoxy) is 1. The van der Waals surface area contributed by atoms with Gasteiger partial charge < -0.3 is 4.74 Å². The standard InChI is InChI=1S/C14H25NO4S/c1-14(2,3)12-7-9-15(10-8-12)20(17,18)11-5-6-13(16)19-4/h7H,5-6,8-11H2,1-4H3. The van der Waals surface area contributed by atoms with E-state index in [9.17, 15) is 13.2 Å². The van der Waals surface area contributed by atoms with Crippen LogP contribution in [-0.4, -0.2) is 44.6 Å². The topological polar surface area (TPSA) is 63.7 Å². The molecule has 0 atom stereocenters. The van der Waals surface area contributed by atoms with Gasteiger partial charge in [-0.15, -0.1) is 0 Å². The van der Waals surface area contributed by atoms with Gasteiger partial charge in [0.05, 0.1) is 12.9 Å². The molecule has 116 valence electrons. The Labute approximate surface area is 122 Å². The van der Waals surface area contributed by atoms with E-state index < -0.39 is 10.0 Å². The summed E-state index contributed by atoms with van der Waals surface area (Å²) in [5, 5.41) is 0. The van der Waals surface area contributed by atoms with Crippen molar-refractivity contribution in [3.63, 3.8) is 0 Å². The number of methoxy groups -OCH3 is 1. The van der Waals surface area contributed by atoms with E-state index in [1.807, 2.05) is 6.08 Å². The minimum absolute atomic E-state index is 0.000785. The first kappa shape index (κ1) is 17.2. The summed E-state index contributed by atoms with van der Waals surface area (Å²) in [7, 11) is -1.97. The molecule has 0 aromatic carbocycles. The molecule has 0 aromatic rings. The first-order chi connectivity index (χ1) is 9.16. The maximum Gasteiger partial charge on any atom is 0.305 e. The first-order valence-electron chi connectivity index (χ1n) is 6.91. The van der Waals surface area contributed by atoms with Crippen molar-refractivity contribution < 1.29 is 17.9 Å². The average molecular weight is 303 g/mol. The number of nitrogens with zero attached hydrogens (tertiary/aromatic N) is 1. The van der Waals surface area contributed by atoms with Crippen molar-refractivity contribution in [2.75, 3.05) is 26.0 Å². The van der Waals surface area contributed by atoms with Crippen LogP contribution >= 0.6 is 0 Å². The summed E-state index contributed by atoms with van der Waals surface area (Å²) in [4.78, 5) is 11.0. The number of carbonyl (C=O) groups is 1. The Hall–Kier alpha value is -0.880. The molecular formula is C14H25NO4S. The number of hydrogen-bond donors (Lipinski definition) is 0. The van der Waals surface area contributed by atoms with E-state index in [-0.39, 0.29) is 23.6 Å². The second-order valence-electron chi connectivity index (χ2n) is 6.08. The largest absolute Gasteiger partial charge is 0.469 e. The fraction of sp³-hybridized carbons (Fsp3) is 0.786. The number of sulfonamides is 1. The summed E-state index contributed by atoms with van der Waals surface area (Å²) in [6.45, 7) is 7.38. The maximum atomic E-state index is 12.2. The van der Waals surface area contributed by atoms with Gasteiger partial charge in [0, 0.05) is 19.5 Å². The third-order valence-electron chi connectivity index (χ3n) is 3.54. The van der Waals surface area contributed by atoms with Crippen LogP contribution in [0.25, 0.3) is 0 Å². The lowest BCUT2D eigenvalue weighted by Crippen LogP contribution is -2.37. The molecule has 0 amide bonds. The van der Waals surface area contributed by atoms with E-state index in [0.717, 1.165) is 6.42 Å². The van der Waals surface area contributed by atoms with Gasteiger partial charge in [-0.3, -0.25) is 4.79 Å². The lowest BCUT2D eigenvalue weighted by atomic mass is 9.83. The predicted octanol–water partition coefficient (Wildman–Crippen LogP) is 1.95. The summed E-state index contributed by atoms with van der Waals surface area (Å²) in [5.74, 6) is -0.366. The lowest BCUT2D eigenvalue weighted by Gasteiger charge is -2.31. The van der Waals surface area contributed by atoms with Gasteiger partial charge in [0.25, 0.3) is 0 Å². The zero-order chi connectivity index (χ0) is 15.4. The monoisotopic (exact) mass is 303 g/mol. The van der Waals surface area contributed by atoms with Crippen molar-refractivity contribution in [3.05, 3.63) is 11.6 Å². The maximum absolute atomic E-state index is 12.2. The Bertz CT molecular complexity index is 474. The number of rotatable bonds is 5. The molecule has 0 aliphatic carbocycles. The molecule has 6 heteroatoms. The van der Waals surface area contributed by atoms with Crippen LogP contribution in [0, 0.1) is 5.41 Å². The second kappa shape index (κ2) is 6.72. The zero-order valence-corrected chi connectivity index (χ0v) is 13.6. The highest BCUT2D eigenvalue weighted by molar-refractivity contribution is 7.89. The highest BCUT2D eigenvalue weighted by Gasteiger charge is 2.27. The normalized spacial score (nSPS) is 17.7. The number of carbonyl (C=O) groups excluding carboxylic acids is 1. The van der Waals surface area contributed by atoms with Crippen molar-refractivity contribution in [2.24, 2.45) is 5.41 Å². The lowest BCUT2D eigenvalue weighted by molar-refractivity contribution is -0.140. The van der Waals surface area contributed by atoms with Crippen molar-refractivity contribution in [2.45, 2.75) is 40.0 Å². The van der Waals surface area contributed by atoms with Gasteiger partial charge >= 0.3 is 5.97 Å². The van der Waals surface area contributed by atoms with E-state index in [4.69, 9.17) is 0 Å². The molecule has 1 heterocycles. The van der Waals surface area contributed by atoms with E-state index in [1.54, 1.807) is 0 Å². The molecule has 0 spiro atoms. The Morgan fingerprint density at radius 1 is 1.40 bits per heavy atom.